The predicted molar refractivity (Wildman–Crippen MR) is 101 cm³/mol. The first kappa shape index (κ1) is 17.0. The SMILES string of the molecule is CCc1ccc(NC(=O)c2c(C)nn(Cc3ccccc3)c2C)cc1. The van der Waals surface area contributed by atoms with Crippen molar-refractivity contribution in [3.63, 3.8) is 0 Å². The molecule has 0 spiro atoms. The Kier molecular flexibility index (Phi) is 4.98. The van der Waals surface area contributed by atoms with Crippen LogP contribution in [0.15, 0.2) is 54.6 Å². The summed E-state index contributed by atoms with van der Waals surface area (Å²) in [6.45, 7) is 6.59. The molecule has 1 amide bonds. The second-order valence-corrected chi connectivity index (χ2v) is 6.19. The summed E-state index contributed by atoms with van der Waals surface area (Å²) >= 11 is 0. The lowest BCUT2D eigenvalue weighted by molar-refractivity contribution is 0.102. The van der Waals surface area contributed by atoms with Crippen molar-refractivity contribution >= 4 is 11.6 Å². The summed E-state index contributed by atoms with van der Waals surface area (Å²) in [7, 11) is 0. The molecule has 2 aromatic carbocycles. The van der Waals surface area contributed by atoms with Crippen LogP contribution in [0.2, 0.25) is 0 Å². The van der Waals surface area contributed by atoms with E-state index in [1.165, 1.54) is 5.56 Å². The number of rotatable bonds is 5. The first-order chi connectivity index (χ1) is 12.1. The van der Waals surface area contributed by atoms with E-state index in [0.717, 1.165) is 29.1 Å². The van der Waals surface area contributed by atoms with Gasteiger partial charge in [0.15, 0.2) is 0 Å². The van der Waals surface area contributed by atoms with Gasteiger partial charge in [0, 0.05) is 11.4 Å². The van der Waals surface area contributed by atoms with Gasteiger partial charge >= 0.3 is 0 Å². The highest BCUT2D eigenvalue weighted by molar-refractivity contribution is 6.05. The van der Waals surface area contributed by atoms with Crippen molar-refractivity contribution in [2.45, 2.75) is 33.7 Å². The lowest BCUT2D eigenvalue weighted by Crippen LogP contribution is -2.14. The summed E-state index contributed by atoms with van der Waals surface area (Å²) in [6, 6.07) is 18.1. The van der Waals surface area contributed by atoms with E-state index in [1.807, 2.05) is 61.0 Å². The molecule has 0 aliphatic carbocycles. The fraction of sp³-hybridized carbons (Fsp3) is 0.238. The lowest BCUT2D eigenvalue weighted by atomic mass is 10.1. The van der Waals surface area contributed by atoms with E-state index >= 15 is 0 Å². The summed E-state index contributed by atoms with van der Waals surface area (Å²) in [6.07, 6.45) is 0.985. The van der Waals surface area contributed by atoms with Crippen LogP contribution >= 0.6 is 0 Å². The Bertz CT molecular complexity index is 864. The standard InChI is InChI=1S/C21H23N3O/c1-4-17-10-12-19(13-11-17)22-21(25)20-15(2)23-24(16(20)3)14-18-8-6-5-7-9-18/h5-13H,4,14H2,1-3H3,(H,22,25). The fourth-order valence-corrected chi connectivity index (χ4v) is 2.95. The van der Waals surface area contributed by atoms with Gasteiger partial charge in [0.1, 0.15) is 0 Å². The topological polar surface area (TPSA) is 46.9 Å². The van der Waals surface area contributed by atoms with Crippen LogP contribution < -0.4 is 5.32 Å². The monoisotopic (exact) mass is 333 g/mol. The van der Waals surface area contributed by atoms with Crippen LogP contribution in [-0.2, 0) is 13.0 Å². The highest BCUT2D eigenvalue weighted by atomic mass is 16.1. The molecule has 3 rings (SSSR count). The van der Waals surface area contributed by atoms with Crippen molar-refractivity contribution in [3.05, 3.63) is 82.7 Å². The van der Waals surface area contributed by atoms with Gasteiger partial charge in [-0.05, 0) is 43.5 Å². The van der Waals surface area contributed by atoms with Gasteiger partial charge in [-0.3, -0.25) is 9.48 Å². The maximum atomic E-state index is 12.7. The van der Waals surface area contributed by atoms with Crippen molar-refractivity contribution in [3.8, 4) is 0 Å². The number of anilines is 1. The quantitative estimate of drug-likeness (QED) is 0.754. The van der Waals surface area contributed by atoms with Gasteiger partial charge in [0.25, 0.3) is 5.91 Å². The molecule has 4 heteroatoms. The highest BCUT2D eigenvalue weighted by Gasteiger charge is 2.18. The van der Waals surface area contributed by atoms with Crippen molar-refractivity contribution in [1.82, 2.24) is 9.78 Å². The largest absolute Gasteiger partial charge is 0.322 e. The molecule has 0 radical (unpaired) electrons. The predicted octanol–water partition coefficient (Wildman–Crippen LogP) is 4.36. The molecule has 0 atom stereocenters. The maximum absolute atomic E-state index is 12.7. The molecule has 25 heavy (non-hydrogen) atoms. The molecule has 0 saturated carbocycles. The highest BCUT2D eigenvalue weighted by Crippen LogP contribution is 2.18. The molecule has 1 heterocycles. The lowest BCUT2D eigenvalue weighted by Gasteiger charge is -2.08. The van der Waals surface area contributed by atoms with E-state index < -0.39 is 0 Å². The molecule has 0 saturated heterocycles. The van der Waals surface area contributed by atoms with Crippen LogP contribution in [0, 0.1) is 13.8 Å². The summed E-state index contributed by atoms with van der Waals surface area (Å²) in [5.74, 6) is -0.112. The molecule has 0 unspecified atom stereocenters. The Morgan fingerprint density at radius 3 is 2.32 bits per heavy atom. The zero-order chi connectivity index (χ0) is 17.8. The van der Waals surface area contributed by atoms with Crippen LogP contribution in [0.25, 0.3) is 0 Å². The normalized spacial score (nSPS) is 10.7. The van der Waals surface area contributed by atoms with Gasteiger partial charge in [0.2, 0.25) is 0 Å². The van der Waals surface area contributed by atoms with Gasteiger partial charge in [-0.15, -0.1) is 0 Å². The third-order valence-corrected chi connectivity index (χ3v) is 4.40. The number of nitrogens with one attached hydrogen (secondary N) is 1. The average molecular weight is 333 g/mol. The second kappa shape index (κ2) is 7.34. The molecule has 128 valence electrons. The van der Waals surface area contributed by atoms with Crippen molar-refractivity contribution in [2.75, 3.05) is 5.32 Å². The second-order valence-electron chi connectivity index (χ2n) is 6.19. The molecule has 3 aromatic rings. The average Bonchev–Trinajstić information content (AvgIpc) is 2.90. The van der Waals surface area contributed by atoms with E-state index in [0.29, 0.717) is 12.1 Å². The number of carbonyl (C=O) groups excluding carboxylic acids is 1. The first-order valence-corrected chi connectivity index (χ1v) is 8.56. The van der Waals surface area contributed by atoms with E-state index in [-0.39, 0.29) is 5.91 Å². The molecule has 0 aliphatic rings. The zero-order valence-corrected chi connectivity index (χ0v) is 14.9. The first-order valence-electron chi connectivity index (χ1n) is 8.56. The van der Waals surface area contributed by atoms with Gasteiger partial charge in [-0.1, -0.05) is 49.4 Å². The zero-order valence-electron chi connectivity index (χ0n) is 14.9. The molecule has 1 N–H and O–H groups in total. The summed E-state index contributed by atoms with van der Waals surface area (Å²) in [5, 5.41) is 7.53. The van der Waals surface area contributed by atoms with Crippen LogP contribution in [-0.4, -0.2) is 15.7 Å². The van der Waals surface area contributed by atoms with Crippen molar-refractivity contribution < 1.29 is 4.79 Å². The van der Waals surface area contributed by atoms with Gasteiger partial charge in [-0.25, -0.2) is 0 Å². The summed E-state index contributed by atoms with van der Waals surface area (Å²) in [4.78, 5) is 12.7. The fourth-order valence-electron chi connectivity index (χ4n) is 2.95. The van der Waals surface area contributed by atoms with Crippen LogP contribution in [0.3, 0.4) is 0 Å². The third kappa shape index (κ3) is 3.79. The molecular formula is C21H23N3O. The van der Waals surface area contributed by atoms with E-state index in [1.54, 1.807) is 0 Å². The molecular weight excluding hydrogens is 310 g/mol. The number of benzene rings is 2. The maximum Gasteiger partial charge on any atom is 0.259 e. The van der Waals surface area contributed by atoms with E-state index in [9.17, 15) is 4.79 Å². The molecule has 1 aromatic heterocycles. The number of aromatic nitrogens is 2. The molecule has 0 fully saturated rings. The van der Waals surface area contributed by atoms with Crippen molar-refractivity contribution in [2.24, 2.45) is 0 Å². The Hall–Kier alpha value is -2.88. The molecule has 0 bridgehead atoms. The third-order valence-electron chi connectivity index (χ3n) is 4.40. The number of carbonyl (C=O) groups is 1. The van der Waals surface area contributed by atoms with Crippen LogP contribution in [0.1, 0.15) is 39.8 Å². The minimum absolute atomic E-state index is 0.112. The number of aryl methyl sites for hydroxylation is 2. The van der Waals surface area contributed by atoms with Crippen LogP contribution in [0.4, 0.5) is 5.69 Å². The Morgan fingerprint density at radius 1 is 1.00 bits per heavy atom. The number of amides is 1. The Labute approximate surface area is 148 Å². The minimum atomic E-state index is -0.112. The smallest absolute Gasteiger partial charge is 0.259 e. The van der Waals surface area contributed by atoms with E-state index in [4.69, 9.17) is 0 Å². The number of nitrogens with zero attached hydrogens (tertiary/aromatic N) is 2. The summed E-state index contributed by atoms with van der Waals surface area (Å²) < 4.78 is 1.89. The summed E-state index contributed by atoms with van der Waals surface area (Å²) in [5.41, 5.74) is 5.49. The minimum Gasteiger partial charge on any atom is -0.322 e. The van der Waals surface area contributed by atoms with E-state index in [2.05, 4.69) is 29.5 Å². The van der Waals surface area contributed by atoms with Gasteiger partial charge in [-0.2, -0.15) is 5.10 Å². The van der Waals surface area contributed by atoms with Gasteiger partial charge in [0.05, 0.1) is 17.8 Å². The molecule has 0 aliphatic heterocycles. The Morgan fingerprint density at radius 2 is 1.68 bits per heavy atom. The van der Waals surface area contributed by atoms with Gasteiger partial charge < -0.3 is 5.32 Å². The Balaban J connectivity index is 1.80. The van der Waals surface area contributed by atoms with Crippen molar-refractivity contribution in [1.29, 1.82) is 0 Å². The van der Waals surface area contributed by atoms with Crippen LogP contribution in [0.5, 0.6) is 0 Å². The number of hydrogen-bond donors (Lipinski definition) is 1. The molecule has 4 nitrogen and oxygen atoms in total. The number of hydrogen-bond acceptors (Lipinski definition) is 2.